The topological polar surface area (TPSA) is 43.1 Å². The molecule has 0 aromatic carbocycles. The van der Waals surface area contributed by atoms with E-state index in [1.165, 1.54) is 0 Å². The number of allylic oxidation sites excluding steroid dienone is 3. The predicted octanol–water partition coefficient (Wildman–Crippen LogP) is 1.89. The molecule has 10 heavy (non-hydrogen) atoms. The Morgan fingerprint density at radius 3 is 2.70 bits per heavy atom. The molecule has 0 unspecified atom stereocenters. The molecule has 0 atom stereocenters. The minimum Gasteiger partial charge on any atom is -0.259 e. The monoisotopic (exact) mass is 139 g/mol. The minimum atomic E-state index is -0.320. The lowest BCUT2D eigenvalue weighted by Crippen LogP contribution is -1.95. The van der Waals surface area contributed by atoms with Gasteiger partial charge < -0.3 is 0 Å². The number of nitrogens with zero attached hydrogens (tertiary/aromatic N) is 1. The van der Waals surface area contributed by atoms with E-state index in [4.69, 9.17) is 0 Å². The van der Waals surface area contributed by atoms with Gasteiger partial charge in [0.25, 0.3) is 0 Å². The molecular weight excluding hydrogens is 130 g/mol. The van der Waals surface area contributed by atoms with Crippen LogP contribution in [-0.2, 0) is 0 Å². The van der Waals surface area contributed by atoms with Crippen LogP contribution in [0.15, 0.2) is 23.4 Å². The van der Waals surface area contributed by atoms with Crippen molar-refractivity contribution in [3.63, 3.8) is 0 Å². The van der Waals surface area contributed by atoms with E-state index >= 15 is 0 Å². The molecule has 1 aliphatic rings. The highest BCUT2D eigenvalue weighted by molar-refractivity contribution is 5.26. The van der Waals surface area contributed by atoms with Gasteiger partial charge in [0, 0.05) is 6.08 Å². The standard InChI is InChI=1S/C7H9NO2/c1-2-6-3-4-7(5-6)8(9)10/h3-4H,2,5H2,1H3. The molecule has 1 aliphatic carbocycles. The summed E-state index contributed by atoms with van der Waals surface area (Å²) in [6.07, 6.45) is 4.86. The van der Waals surface area contributed by atoms with E-state index in [1.807, 2.05) is 13.0 Å². The lowest BCUT2D eigenvalue weighted by atomic mass is 10.2. The minimum absolute atomic E-state index is 0.317. The summed E-state index contributed by atoms with van der Waals surface area (Å²) in [7, 11) is 0. The lowest BCUT2D eigenvalue weighted by Gasteiger charge is -1.92. The van der Waals surface area contributed by atoms with Crippen molar-refractivity contribution in [2.45, 2.75) is 19.8 Å². The van der Waals surface area contributed by atoms with Crippen LogP contribution >= 0.6 is 0 Å². The van der Waals surface area contributed by atoms with Gasteiger partial charge >= 0.3 is 0 Å². The quantitative estimate of drug-likeness (QED) is 0.433. The number of nitro groups is 1. The Kier molecular flexibility index (Phi) is 1.85. The van der Waals surface area contributed by atoms with E-state index in [-0.39, 0.29) is 4.92 Å². The summed E-state index contributed by atoms with van der Waals surface area (Å²) >= 11 is 0. The van der Waals surface area contributed by atoms with Gasteiger partial charge in [0.2, 0.25) is 5.70 Å². The van der Waals surface area contributed by atoms with Gasteiger partial charge in [0.05, 0.1) is 11.3 Å². The highest BCUT2D eigenvalue weighted by Gasteiger charge is 2.15. The van der Waals surface area contributed by atoms with Crippen LogP contribution in [0.25, 0.3) is 0 Å². The summed E-state index contributed by atoms with van der Waals surface area (Å²) in [6.45, 7) is 2.00. The summed E-state index contributed by atoms with van der Waals surface area (Å²) in [5.74, 6) is 0. The summed E-state index contributed by atoms with van der Waals surface area (Å²) in [6, 6.07) is 0. The van der Waals surface area contributed by atoms with E-state index in [1.54, 1.807) is 6.08 Å². The Morgan fingerprint density at radius 2 is 2.40 bits per heavy atom. The maximum Gasteiger partial charge on any atom is 0.250 e. The number of rotatable bonds is 2. The van der Waals surface area contributed by atoms with E-state index < -0.39 is 0 Å². The van der Waals surface area contributed by atoms with Crippen LogP contribution in [0.2, 0.25) is 0 Å². The first kappa shape index (κ1) is 6.99. The molecule has 0 fully saturated rings. The maximum atomic E-state index is 10.2. The molecule has 0 amide bonds. The molecule has 54 valence electrons. The van der Waals surface area contributed by atoms with Crippen LogP contribution < -0.4 is 0 Å². The molecule has 0 saturated carbocycles. The molecule has 3 heteroatoms. The number of hydrogen-bond donors (Lipinski definition) is 0. The SMILES string of the molecule is CCC1=CC=C([N+](=O)[O-])C1. The molecule has 0 radical (unpaired) electrons. The summed E-state index contributed by atoms with van der Waals surface area (Å²) < 4.78 is 0. The van der Waals surface area contributed by atoms with E-state index in [9.17, 15) is 10.1 Å². The first-order chi connectivity index (χ1) is 4.74. The Balaban J connectivity index is 2.56. The molecule has 0 saturated heterocycles. The van der Waals surface area contributed by atoms with Crippen LogP contribution in [0.1, 0.15) is 19.8 Å². The van der Waals surface area contributed by atoms with Crippen molar-refractivity contribution in [3.8, 4) is 0 Å². The largest absolute Gasteiger partial charge is 0.259 e. The zero-order valence-corrected chi connectivity index (χ0v) is 5.83. The maximum absolute atomic E-state index is 10.2. The van der Waals surface area contributed by atoms with Crippen molar-refractivity contribution < 1.29 is 4.92 Å². The van der Waals surface area contributed by atoms with E-state index in [0.29, 0.717) is 12.1 Å². The summed E-state index contributed by atoms with van der Waals surface area (Å²) in [4.78, 5) is 9.85. The zero-order chi connectivity index (χ0) is 7.56. The van der Waals surface area contributed by atoms with Gasteiger partial charge in [-0.15, -0.1) is 0 Å². The molecule has 0 heterocycles. The van der Waals surface area contributed by atoms with Gasteiger partial charge in [-0.1, -0.05) is 18.6 Å². The van der Waals surface area contributed by atoms with Crippen molar-refractivity contribution in [1.29, 1.82) is 0 Å². The fourth-order valence-corrected chi connectivity index (χ4v) is 0.933. The molecule has 0 aromatic heterocycles. The molecule has 3 nitrogen and oxygen atoms in total. The van der Waals surface area contributed by atoms with Crippen molar-refractivity contribution >= 4 is 0 Å². The van der Waals surface area contributed by atoms with Gasteiger partial charge in [-0.2, -0.15) is 0 Å². The van der Waals surface area contributed by atoms with Gasteiger partial charge in [-0.25, -0.2) is 0 Å². The zero-order valence-electron chi connectivity index (χ0n) is 5.83. The fraction of sp³-hybridized carbons (Fsp3) is 0.429. The second-order valence-electron chi connectivity index (χ2n) is 2.27. The van der Waals surface area contributed by atoms with Crippen molar-refractivity contribution in [2.75, 3.05) is 0 Å². The van der Waals surface area contributed by atoms with Crippen LogP contribution in [-0.4, -0.2) is 4.92 Å². The third-order valence-electron chi connectivity index (χ3n) is 1.61. The third-order valence-corrected chi connectivity index (χ3v) is 1.61. The predicted molar refractivity (Wildman–Crippen MR) is 38.1 cm³/mol. The Bertz CT molecular complexity index is 216. The van der Waals surface area contributed by atoms with Gasteiger partial charge in [-0.3, -0.25) is 10.1 Å². The smallest absolute Gasteiger partial charge is 0.250 e. The molecule has 0 N–H and O–H groups in total. The Labute approximate surface area is 59.2 Å². The fourth-order valence-electron chi connectivity index (χ4n) is 0.933. The first-order valence-electron chi connectivity index (χ1n) is 3.27. The van der Waals surface area contributed by atoms with Gasteiger partial charge in [0.1, 0.15) is 0 Å². The highest BCUT2D eigenvalue weighted by Crippen LogP contribution is 2.20. The van der Waals surface area contributed by atoms with Gasteiger partial charge in [-0.05, 0) is 6.42 Å². The second kappa shape index (κ2) is 2.64. The van der Waals surface area contributed by atoms with E-state index in [0.717, 1.165) is 12.0 Å². The van der Waals surface area contributed by atoms with Crippen LogP contribution in [0.5, 0.6) is 0 Å². The Morgan fingerprint density at radius 1 is 1.70 bits per heavy atom. The average Bonchev–Trinajstić information content (AvgIpc) is 2.34. The van der Waals surface area contributed by atoms with Crippen molar-refractivity contribution in [1.82, 2.24) is 0 Å². The molecule has 0 aromatic rings. The van der Waals surface area contributed by atoms with E-state index in [2.05, 4.69) is 0 Å². The lowest BCUT2D eigenvalue weighted by molar-refractivity contribution is -0.426. The molecule has 0 aliphatic heterocycles. The van der Waals surface area contributed by atoms with Crippen LogP contribution in [0.3, 0.4) is 0 Å². The molecule has 0 spiro atoms. The molecular formula is C7H9NO2. The number of hydrogen-bond acceptors (Lipinski definition) is 2. The van der Waals surface area contributed by atoms with Gasteiger partial charge in [0.15, 0.2) is 0 Å². The van der Waals surface area contributed by atoms with Crippen molar-refractivity contribution in [3.05, 3.63) is 33.5 Å². The summed E-state index contributed by atoms with van der Waals surface area (Å²) in [5, 5.41) is 10.2. The molecule has 0 bridgehead atoms. The van der Waals surface area contributed by atoms with Crippen molar-refractivity contribution in [2.24, 2.45) is 0 Å². The second-order valence-corrected chi connectivity index (χ2v) is 2.27. The normalized spacial score (nSPS) is 16.5. The third kappa shape index (κ3) is 1.23. The average molecular weight is 139 g/mol. The van der Waals surface area contributed by atoms with Crippen LogP contribution in [0.4, 0.5) is 0 Å². The Hall–Kier alpha value is -1.12. The molecule has 1 rings (SSSR count). The van der Waals surface area contributed by atoms with Crippen LogP contribution in [0, 0.1) is 10.1 Å². The highest BCUT2D eigenvalue weighted by atomic mass is 16.6. The first-order valence-corrected chi connectivity index (χ1v) is 3.27. The summed E-state index contributed by atoms with van der Waals surface area (Å²) in [5.41, 5.74) is 1.46.